The number of carbonyl (C=O) groups excluding carboxylic acids is 2. The fourth-order valence-electron chi connectivity index (χ4n) is 2.56. The van der Waals surface area contributed by atoms with E-state index in [0.29, 0.717) is 24.6 Å². The van der Waals surface area contributed by atoms with Crippen molar-refractivity contribution in [2.75, 3.05) is 6.54 Å². The molecule has 2 heterocycles. The van der Waals surface area contributed by atoms with Gasteiger partial charge < -0.3 is 19.8 Å². The Bertz CT molecular complexity index is 918. The molecule has 0 saturated carbocycles. The monoisotopic (exact) mass is 398 g/mol. The third kappa shape index (κ3) is 6.07. The number of aryl methyl sites for hydroxylation is 1. The number of amides is 2. The lowest BCUT2D eigenvalue weighted by Gasteiger charge is -2.08. The van der Waals surface area contributed by atoms with Gasteiger partial charge in [-0.05, 0) is 42.3 Å². The van der Waals surface area contributed by atoms with Gasteiger partial charge in [0, 0.05) is 11.4 Å². The largest absolute Gasteiger partial charge is 0.467 e. The summed E-state index contributed by atoms with van der Waals surface area (Å²) in [6.45, 7) is 3.14. The summed E-state index contributed by atoms with van der Waals surface area (Å²) in [5, 5.41) is 5.44. The van der Waals surface area contributed by atoms with Crippen LogP contribution in [0.4, 0.5) is 0 Å². The van der Waals surface area contributed by atoms with Crippen molar-refractivity contribution < 1.29 is 18.7 Å². The molecule has 0 saturated heterocycles. The van der Waals surface area contributed by atoms with Crippen LogP contribution in [0.3, 0.4) is 0 Å². The van der Waals surface area contributed by atoms with Gasteiger partial charge in [-0.2, -0.15) is 0 Å². The predicted molar refractivity (Wildman–Crippen MR) is 107 cm³/mol. The molecular formula is C21H22N2O4S. The summed E-state index contributed by atoms with van der Waals surface area (Å²) < 4.78 is 10.9. The molecule has 0 bridgehead atoms. The van der Waals surface area contributed by atoms with Crippen LogP contribution in [0, 0.1) is 6.92 Å². The molecule has 0 radical (unpaired) electrons. The van der Waals surface area contributed by atoms with E-state index in [0.717, 1.165) is 21.8 Å². The lowest BCUT2D eigenvalue weighted by Crippen LogP contribution is -2.36. The topological polar surface area (TPSA) is 80.6 Å². The smallest absolute Gasteiger partial charge is 0.261 e. The summed E-state index contributed by atoms with van der Waals surface area (Å²) in [6, 6.07) is 15.1. The maximum atomic E-state index is 12.0. The number of benzene rings is 1. The molecule has 6 nitrogen and oxygen atoms in total. The Labute approximate surface area is 167 Å². The van der Waals surface area contributed by atoms with Crippen LogP contribution in [0.2, 0.25) is 0 Å². The van der Waals surface area contributed by atoms with Gasteiger partial charge in [0.2, 0.25) is 5.91 Å². The standard InChI is InChI=1S/C21H22N2O4S/c1-15-7-8-19(28-15)21(25)23-12-20(24)22-11-16-4-2-5-17(10-16)13-26-14-18-6-3-9-27-18/h2-10H,11-14H2,1H3,(H,22,24)(H,23,25). The van der Waals surface area contributed by atoms with Crippen LogP contribution in [-0.4, -0.2) is 18.4 Å². The summed E-state index contributed by atoms with van der Waals surface area (Å²) in [5.41, 5.74) is 1.98. The first kappa shape index (κ1) is 19.9. The van der Waals surface area contributed by atoms with Crippen LogP contribution < -0.4 is 10.6 Å². The molecule has 2 N–H and O–H groups in total. The van der Waals surface area contributed by atoms with E-state index in [4.69, 9.17) is 9.15 Å². The highest BCUT2D eigenvalue weighted by Crippen LogP contribution is 2.14. The van der Waals surface area contributed by atoms with Crippen molar-refractivity contribution in [3.8, 4) is 0 Å². The highest BCUT2D eigenvalue weighted by atomic mass is 32.1. The Balaban J connectivity index is 1.39. The zero-order chi connectivity index (χ0) is 19.8. The number of nitrogens with one attached hydrogen (secondary N) is 2. The van der Waals surface area contributed by atoms with E-state index in [9.17, 15) is 9.59 Å². The molecule has 0 atom stereocenters. The van der Waals surface area contributed by atoms with Gasteiger partial charge in [0.1, 0.15) is 12.4 Å². The van der Waals surface area contributed by atoms with Crippen LogP contribution in [0.5, 0.6) is 0 Å². The molecule has 0 unspecified atom stereocenters. The van der Waals surface area contributed by atoms with Crippen LogP contribution in [0.1, 0.15) is 31.4 Å². The minimum Gasteiger partial charge on any atom is -0.467 e. The third-order valence-corrected chi connectivity index (χ3v) is 4.95. The molecule has 0 fully saturated rings. The summed E-state index contributed by atoms with van der Waals surface area (Å²) in [5.74, 6) is 0.313. The third-order valence-electron chi connectivity index (χ3n) is 3.95. The molecule has 28 heavy (non-hydrogen) atoms. The molecule has 2 aromatic heterocycles. The van der Waals surface area contributed by atoms with Crippen molar-refractivity contribution in [1.82, 2.24) is 10.6 Å². The maximum Gasteiger partial charge on any atom is 0.261 e. The fourth-order valence-corrected chi connectivity index (χ4v) is 3.34. The van der Waals surface area contributed by atoms with E-state index in [1.165, 1.54) is 11.3 Å². The van der Waals surface area contributed by atoms with Gasteiger partial charge in [-0.1, -0.05) is 24.3 Å². The number of hydrogen-bond donors (Lipinski definition) is 2. The molecule has 146 valence electrons. The lowest BCUT2D eigenvalue weighted by molar-refractivity contribution is -0.120. The highest BCUT2D eigenvalue weighted by molar-refractivity contribution is 7.13. The molecule has 3 aromatic rings. The Morgan fingerprint density at radius 2 is 1.89 bits per heavy atom. The zero-order valence-corrected chi connectivity index (χ0v) is 16.4. The SMILES string of the molecule is Cc1ccc(C(=O)NCC(=O)NCc2cccc(COCc3ccco3)c2)s1. The molecule has 0 spiro atoms. The molecule has 0 aliphatic heterocycles. The number of rotatable bonds is 9. The summed E-state index contributed by atoms with van der Waals surface area (Å²) in [6.07, 6.45) is 1.62. The van der Waals surface area contributed by atoms with Crippen LogP contribution in [-0.2, 0) is 29.3 Å². The molecule has 0 aliphatic carbocycles. The molecular weight excluding hydrogens is 376 g/mol. The normalized spacial score (nSPS) is 10.6. The van der Waals surface area contributed by atoms with E-state index in [2.05, 4.69) is 10.6 Å². The Morgan fingerprint density at radius 1 is 1.04 bits per heavy atom. The Morgan fingerprint density at radius 3 is 2.64 bits per heavy atom. The molecule has 0 aliphatic rings. The first-order valence-corrected chi connectivity index (χ1v) is 9.71. The van der Waals surface area contributed by atoms with Gasteiger partial charge in [0.25, 0.3) is 5.91 Å². The average molecular weight is 398 g/mol. The average Bonchev–Trinajstić information content (AvgIpc) is 3.36. The van der Waals surface area contributed by atoms with Gasteiger partial charge in [-0.15, -0.1) is 11.3 Å². The van der Waals surface area contributed by atoms with Gasteiger partial charge in [0.15, 0.2) is 0 Å². The first-order valence-electron chi connectivity index (χ1n) is 8.89. The summed E-state index contributed by atoms with van der Waals surface area (Å²) in [4.78, 5) is 25.6. The van der Waals surface area contributed by atoms with Crippen LogP contribution >= 0.6 is 11.3 Å². The van der Waals surface area contributed by atoms with E-state index < -0.39 is 0 Å². The number of hydrogen-bond acceptors (Lipinski definition) is 5. The van der Waals surface area contributed by atoms with Gasteiger partial charge >= 0.3 is 0 Å². The Hall–Kier alpha value is -2.90. The number of ether oxygens (including phenoxy) is 1. The van der Waals surface area contributed by atoms with E-state index in [-0.39, 0.29) is 18.4 Å². The molecule has 3 rings (SSSR count). The molecule has 7 heteroatoms. The second kappa shape index (κ2) is 9.87. The van der Waals surface area contributed by atoms with Crippen molar-refractivity contribution in [1.29, 1.82) is 0 Å². The number of thiophene rings is 1. The van der Waals surface area contributed by atoms with E-state index >= 15 is 0 Å². The highest BCUT2D eigenvalue weighted by Gasteiger charge is 2.09. The van der Waals surface area contributed by atoms with Crippen molar-refractivity contribution in [3.05, 3.63) is 81.4 Å². The van der Waals surface area contributed by atoms with Crippen LogP contribution in [0.15, 0.2) is 59.2 Å². The predicted octanol–water partition coefficient (Wildman–Crippen LogP) is 3.41. The molecule has 1 aromatic carbocycles. The van der Waals surface area contributed by atoms with Crippen molar-refractivity contribution in [2.45, 2.75) is 26.7 Å². The maximum absolute atomic E-state index is 12.0. The minimum absolute atomic E-state index is 0.0538. The van der Waals surface area contributed by atoms with Crippen LogP contribution in [0.25, 0.3) is 0 Å². The quantitative estimate of drug-likeness (QED) is 0.579. The van der Waals surface area contributed by atoms with Crippen molar-refractivity contribution in [2.24, 2.45) is 0 Å². The van der Waals surface area contributed by atoms with E-state index in [1.54, 1.807) is 12.3 Å². The minimum atomic E-state index is -0.235. The summed E-state index contributed by atoms with van der Waals surface area (Å²) in [7, 11) is 0. The van der Waals surface area contributed by atoms with Gasteiger partial charge in [0.05, 0.1) is 24.3 Å². The number of furan rings is 1. The number of carbonyl (C=O) groups is 2. The van der Waals surface area contributed by atoms with Crippen molar-refractivity contribution in [3.63, 3.8) is 0 Å². The Kier molecular flexibility index (Phi) is 7.00. The molecule has 2 amide bonds. The second-order valence-electron chi connectivity index (χ2n) is 6.26. The lowest BCUT2D eigenvalue weighted by atomic mass is 10.1. The van der Waals surface area contributed by atoms with Crippen molar-refractivity contribution >= 4 is 23.2 Å². The van der Waals surface area contributed by atoms with Gasteiger partial charge in [-0.25, -0.2) is 0 Å². The van der Waals surface area contributed by atoms with E-state index in [1.807, 2.05) is 49.4 Å². The second-order valence-corrected chi connectivity index (χ2v) is 7.55. The summed E-state index contributed by atoms with van der Waals surface area (Å²) >= 11 is 1.40. The first-order chi connectivity index (χ1) is 13.6. The fraction of sp³-hybridized carbons (Fsp3) is 0.238. The van der Waals surface area contributed by atoms with Gasteiger partial charge in [-0.3, -0.25) is 9.59 Å². The zero-order valence-electron chi connectivity index (χ0n) is 15.6.